The maximum Gasteiger partial charge on any atom is 0.243 e. The average molecular weight is 308 g/mol. The number of sulfonamides is 1. The van der Waals surface area contributed by atoms with Crippen LogP contribution in [0.2, 0.25) is 0 Å². The standard InChI is InChI=1S/C12H15F3N2O2S/c13-9-3-4-10(12(15)11(9)14)20(18,19)17-7-5-8-2-1-6-16-8/h3-4,8,16-17H,1-2,5-7H2. The molecule has 0 amide bonds. The minimum atomic E-state index is -4.18. The van der Waals surface area contributed by atoms with Crippen LogP contribution in [0.5, 0.6) is 0 Å². The lowest BCUT2D eigenvalue weighted by Crippen LogP contribution is -2.31. The van der Waals surface area contributed by atoms with Gasteiger partial charge in [-0.05, 0) is 37.9 Å². The Morgan fingerprint density at radius 3 is 2.65 bits per heavy atom. The lowest BCUT2D eigenvalue weighted by atomic mass is 10.2. The van der Waals surface area contributed by atoms with Crippen LogP contribution in [0.3, 0.4) is 0 Å². The normalized spacial score (nSPS) is 19.4. The fourth-order valence-electron chi connectivity index (χ4n) is 2.16. The van der Waals surface area contributed by atoms with Crippen molar-refractivity contribution in [2.45, 2.75) is 30.2 Å². The molecule has 0 aliphatic carbocycles. The van der Waals surface area contributed by atoms with Gasteiger partial charge in [-0.2, -0.15) is 0 Å². The Labute approximate surface area is 115 Å². The van der Waals surface area contributed by atoms with E-state index in [0.717, 1.165) is 19.4 Å². The van der Waals surface area contributed by atoms with Crippen LogP contribution >= 0.6 is 0 Å². The highest BCUT2D eigenvalue weighted by atomic mass is 32.2. The Morgan fingerprint density at radius 1 is 1.25 bits per heavy atom. The van der Waals surface area contributed by atoms with Crippen molar-refractivity contribution >= 4 is 10.0 Å². The maximum atomic E-state index is 13.4. The number of nitrogens with one attached hydrogen (secondary N) is 2. The van der Waals surface area contributed by atoms with Crippen LogP contribution in [-0.2, 0) is 10.0 Å². The highest BCUT2D eigenvalue weighted by Gasteiger charge is 2.24. The van der Waals surface area contributed by atoms with Crippen molar-refractivity contribution in [3.63, 3.8) is 0 Å². The van der Waals surface area contributed by atoms with Gasteiger partial charge in [-0.25, -0.2) is 26.3 Å². The molecule has 1 heterocycles. The molecule has 1 aliphatic heterocycles. The van der Waals surface area contributed by atoms with Gasteiger partial charge in [-0.3, -0.25) is 0 Å². The first-order valence-corrected chi connectivity index (χ1v) is 7.76. The van der Waals surface area contributed by atoms with Crippen LogP contribution in [0.4, 0.5) is 13.2 Å². The SMILES string of the molecule is O=S(=O)(NCCC1CCCN1)c1ccc(F)c(F)c1F. The Morgan fingerprint density at radius 2 is 2.00 bits per heavy atom. The van der Waals surface area contributed by atoms with E-state index in [1.165, 1.54) is 0 Å². The van der Waals surface area contributed by atoms with Gasteiger partial charge in [0.25, 0.3) is 0 Å². The molecule has 1 aromatic carbocycles. The molecule has 1 unspecified atom stereocenters. The van der Waals surface area contributed by atoms with Gasteiger partial charge >= 0.3 is 0 Å². The predicted molar refractivity (Wildman–Crippen MR) is 67.1 cm³/mol. The summed E-state index contributed by atoms with van der Waals surface area (Å²) in [5.41, 5.74) is 0. The van der Waals surface area contributed by atoms with Crippen molar-refractivity contribution in [2.75, 3.05) is 13.1 Å². The highest BCUT2D eigenvalue weighted by molar-refractivity contribution is 7.89. The highest BCUT2D eigenvalue weighted by Crippen LogP contribution is 2.19. The Balaban J connectivity index is 2.04. The number of benzene rings is 1. The molecule has 0 spiro atoms. The molecule has 112 valence electrons. The van der Waals surface area contributed by atoms with Crippen LogP contribution < -0.4 is 10.0 Å². The fraction of sp³-hybridized carbons (Fsp3) is 0.500. The molecular formula is C12H15F3N2O2S. The van der Waals surface area contributed by atoms with Crippen LogP contribution in [-0.4, -0.2) is 27.5 Å². The molecule has 0 bridgehead atoms. The lowest BCUT2D eigenvalue weighted by molar-refractivity contribution is 0.431. The van der Waals surface area contributed by atoms with Gasteiger partial charge in [0.15, 0.2) is 17.5 Å². The molecular weight excluding hydrogens is 293 g/mol. The first-order chi connectivity index (χ1) is 9.42. The number of rotatable bonds is 5. The summed E-state index contributed by atoms with van der Waals surface area (Å²) in [6.07, 6.45) is 2.56. The van der Waals surface area contributed by atoms with Crippen LogP contribution in [0.25, 0.3) is 0 Å². The topological polar surface area (TPSA) is 58.2 Å². The summed E-state index contributed by atoms with van der Waals surface area (Å²) in [7, 11) is -4.18. The fourth-order valence-corrected chi connectivity index (χ4v) is 3.28. The molecule has 20 heavy (non-hydrogen) atoms. The second-order valence-electron chi connectivity index (χ2n) is 4.65. The van der Waals surface area contributed by atoms with Crippen LogP contribution in [0.15, 0.2) is 17.0 Å². The lowest BCUT2D eigenvalue weighted by Gasteiger charge is -2.11. The number of hydrogen-bond donors (Lipinski definition) is 2. The van der Waals surface area contributed by atoms with Crippen molar-refractivity contribution in [1.82, 2.24) is 10.0 Å². The van der Waals surface area contributed by atoms with Crippen molar-refractivity contribution in [3.8, 4) is 0 Å². The Kier molecular flexibility index (Phi) is 4.66. The number of halogens is 3. The van der Waals surface area contributed by atoms with Gasteiger partial charge in [0, 0.05) is 12.6 Å². The summed E-state index contributed by atoms with van der Waals surface area (Å²) in [6, 6.07) is 1.53. The van der Waals surface area contributed by atoms with Gasteiger partial charge in [-0.15, -0.1) is 0 Å². The zero-order valence-electron chi connectivity index (χ0n) is 10.6. The molecule has 0 radical (unpaired) electrons. The summed E-state index contributed by atoms with van der Waals surface area (Å²) in [5.74, 6) is -4.90. The minimum Gasteiger partial charge on any atom is -0.314 e. The van der Waals surface area contributed by atoms with E-state index in [0.29, 0.717) is 18.6 Å². The van der Waals surface area contributed by atoms with Crippen molar-refractivity contribution < 1.29 is 21.6 Å². The second kappa shape index (κ2) is 6.11. The van der Waals surface area contributed by atoms with Crippen molar-refractivity contribution in [1.29, 1.82) is 0 Å². The van der Waals surface area contributed by atoms with Crippen LogP contribution in [0, 0.1) is 17.5 Å². The molecule has 2 N–H and O–H groups in total. The van der Waals surface area contributed by atoms with E-state index in [2.05, 4.69) is 10.0 Å². The molecule has 1 saturated heterocycles. The predicted octanol–water partition coefficient (Wildman–Crippen LogP) is 1.52. The van der Waals surface area contributed by atoms with Gasteiger partial charge < -0.3 is 5.32 Å². The monoisotopic (exact) mass is 308 g/mol. The van der Waals surface area contributed by atoms with Crippen molar-refractivity contribution in [2.24, 2.45) is 0 Å². The molecule has 0 aromatic heterocycles. The summed E-state index contributed by atoms with van der Waals surface area (Å²) in [6.45, 7) is 1.01. The first kappa shape index (κ1) is 15.3. The first-order valence-electron chi connectivity index (χ1n) is 6.28. The molecule has 1 aliphatic rings. The zero-order chi connectivity index (χ0) is 14.8. The molecule has 1 atom stereocenters. The Hall–Kier alpha value is -1.12. The van der Waals surface area contributed by atoms with Crippen molar-refractivity contribution in [3.05, 3.63) is 29.6 Å². The molecule has 8 heteroatoms. The van der Waals surface area contributed by atoms with E-state index in [4.69, 9.17) is 0 Å². The molecule has 0 saturated carbocycles. The van der Waals surface area contributed by atoms with E-state index in [1.807, 2.05) is 0 Å². The third-order valence-corrected chi connectivity index (χ3v) is 4.72. The molecule has 1 aromatic rings. The van der Waals surface area contributed by atoms with E-state index < -0.39 is 32.4 Å². The van der Waals surface area contributed by atoms with Gasteiger partial charge in [0.2, 0.25) is 10.0 Å². The summed E-state index contributed by atoms with van der Waals surface area (Å²) < 4.78 is 65.1. The third-order valence-electron chi connectivity index (χ3n) is 3.24. The maximum absolute atomic E-state index is 13.4. The minimum absolute atomic E-state index is 0.110. The summed E-state index contributed by atoms with van der Waals surface area (Å²) in [5, 5.41) is 3.19. The van der Waals surface area contributed by atoms with Gasteiger partial charge in [0.1, 0.15) is 4.90 Å². The average Bonchev–Trinajstić information content (AvgIpc) is 2.88. The van der Waals surface area contributed by atoms with E-state index in [1.54, 1.807) is 0 Å². The van der Waals surface area contributed by atoms with Crippen LogP contribution in [0.1, 0.15) is 19.3 Å². The summed E-state index contributed by atoms with van der Waals surface area (Å²) >= 11 is 0. The summed E-state index contributed by atoms with van der Waals surface area (Å²) in [4.78, 5) is -0.879. The Bertz CT molecular complexity index is 587. The van der Waals surface area contributed by atoms with Gasteiger partial charge in [0.05, 0.1) is 0 Å². The van der Waals surface area contributed by atoms with E-state index in [9.17, 15) is 21.6 Å². The smallest absolute Gasteiger partial charge is 0.243 e. The zero-order valence-corrected chi connectivity index (χ0v) is 11.4. The third kappa shape index (κ3) is 3.31. The largest absolute Gasteiger partial charge is 0.314 e. The number of hydrogen-bond acceptors (Lipinski definition) is 3. The molecule has 4 nitrogen and oxygen atoms in total. The second-order valence-corrected chi connectivity index (χ2v) is 6.39. The quantitative estimate of drug-likeness (QED) is 0.811. The molecule has 2 rings (SSSR count). The van der Waals surface area contributed by atoms with E-state index >= 15 is 0 Å². The molecule has 1 fully saturated rings. The van der Waals surface area contributed by atoms with Gasteiger partial charge in [-0.1, -0.05) is 0 Å². The van der Waals surface area contributed by atoms with E-state index in [-0.39, 0.29) is 12.6 Å².